The molecule has 11 nitrogen and oxygen atoms in total. The number of ether oxygens (including phenoxy) is 1. The minimum Gasteiger partial charge on any atom is -0.453 e. The van der Waals surface area contributed by atoms with Crippen molar-refractivity contribution in [2.45, 2.75) is 12.5 Å². The van der Waals surface area contributed by atoms with Gasteiger partial charge < -0.3 is 14.3 Å². The number of rotatable bonds is 8. The quantitative estimate of drug-likeness (QED) is 0.237. The van der Waals surface area contributed by atoms with Gasteiger partial charge in [0.05, 0.1) is 30.7 Å². The first-order chi connectivity index (χ1) is 21.0. The van der Waals surface area contributed by atoms with Crippen LogP contribution < -0.4 is 10.9 Å². The van der Waals surface area contributed by atoms with E-state index < -0.39 is 12.1 Å². The summed E-state index contributed by atoms with van der Waals surface area (Å²) >= 11 is 6.33. The molecule has 3 aromatic heterocycles. The largest absolute Gasteiger partial charge is 0.453 e. The number of pyridine rings is 1. The van der Waals surface area contributed by atoms with Gasteiger partial charge in [-0.1, -0.05) is 54.1 Å². The van der Waals surface area contributed by atoms with Gasteiger partial charge in [0, 0.05) is 35.0 Å². The predicted octanol–water partition coefficient (Wildman–Crippen LogP) is 5.54. The van der Waals surface area contributed by atoms with Gasteiger partial charge in [-0.05, 0) is 63.5 Å². The smallest absolute Gasteiger partial charge is 0.411 e. The Morgan fingerprint density at radius 1 is 1.02 bits per heavy atom. The number of benzene rings is 3. The molecule has 0 unspecified atom stereocenters. The third kappa shape index (κ3) is 6.07. The molecule has 6 rings (SSSR count). The van der Waals surface area contributed by atoms with Crippen LogP contribution >= 0.6 is 11.6 Å². The number of aromatic nitrogens is 7. The highest BCUT2D eigenvalue weighted by molar-refractivity contribution is 6.31. The molecule has 0 aliphatic carbocycles. The second-order valence-corrected chi connectivity index (χ2v) is 10.1. The summed E-state index contributed by atoms with van der Waals surface area (Å²) in [6.45, 7) is 0. The summed E-state index contributed by atoms with van der Waals surface area (Å²) in [5, 5.41) is 14.6. The number of hydrogen-bond acceptors (Lipinski definition) is 7. The molecule has 3 heterocycles. The molecule has 43 heavy (non-hydrogen) atoms. The summed E-state index contributed by atoms with van der Waals surface area (Å²) in [5.74, 6) is 0.627. The SMILES string of the molecule is COC(=O)Nc1ccc(-c2cnc([C@H](Cc3ccccc3)n3ccc(-c4cc(Cl)ccc4-n4cnnn4)cc3=O)[nH]2)cc1. The van der Waals surface area contributed by atoms with Crippen LogP contribution in [0.3, 0.4) is 0 Å². The number of anilines is 1. The molecule has 0 bridgehead atoms. The zero-order valence-electron chi connectivity index (χ0n) is 22.9. The maximum atomic E-state index is 13.7. The number of carbonyl (C=O) groups excluding carboxylic acids is 1. The number of hydrogen-bond donors (Lipinski definition) is 2. The maximum absolute atomic E-state index is 13.7. The lowest BCUT2D eigenvalue weighted by atomic mass is 10.0. The summed E-state index contributed by atoms with van der Waals surface area (Å²) < 4.78 is 7.85. The van der Waals surface area contributed by atoms with E-state index in [1.54, 1.807) is 53.4 Å². The van der Waals surface area contributed by atoms with E-state index in [9.17, 15) is 9.59 Å². The van der Waals surface area contributed by atoms with Gasteiger partial charge in [0.25, 0.3) is 5.56 Å². The Bertz CT molecular complexity index is 1920. The van der Waals surface area contributed by atoms with Crippen LogP contribution in [0.25, 0.3) is 28.1 Å². The molecule has 0 radical (unpaired) electrons. The molecule has 0 saturated heterocycles. The molecule has 6 aromatic rings. The monoisotopic (exact) mass is 592 g/mol. The van der Waals surface area contributed by atoms with Crippen molar-refractivity contribution in [3.63, 3.8) is 0 Å². The average molecular weight is 593 g/mol. The minimum absolute atomic E-state index is 0.211. The fourth-order valence-corrected chi connectivity index (χ4v) is 5.02. The van der Waals surface area contributed by atoms with Crippen LogP contribution in [0.15, 0.2) is 108 Å². The second-order valence-electron chi connectivity index (χ2n) is 9.66. The number of nitrogens with one attached hydrogen (secondary N) is 2. The number of H-pyrrole nitrogens is 1. The highest BCUT2D eigenvalue weighted by Crippen LogP contribution is 2.30. The van der Waals surface area contributed by atoms with Gasteiger partial charge in [0.1, 0.15) is 12.2 Å². The molecule has 0 saturated carbocycles. The number of carbonyl (C=O) groups is 1. The van der Waals surface area contributed by atoms with Crippen LogP contribution in [0.4, 0.5) is 10.5 Å². The molecule has 1 amide bonds. The number of methoxy groups -OCH3 is 1. The van der Waals surface area contributed by atoms with Crippen LogP contribution in [-0.4, -0.2) is 47.9 Å². The standard InChI is InChI=1S/C31H25ClN8O3/c1-43-31(42)35-24-10-7-21(8-11-24)26-18-33-30(36-26)28(15-20-5-3-2-4-6-20)39-14-13-22(16-29(39)41)25-17-23(32)9-12-27(25)40-19-34-37-38-40/h2-14,16-19,28H,15H2,1H3,(H,33,36)(H,35,42)/t28-/m0/s1. The van der Waals surface area contributed by atoms with Gasteiger partial charge in [0.2, 0.25) is 0 Å². The molecule has 0 aliphatic heterocycles. The third-order valence-corrected chi connectivity index (χ3v) is 7.20. The number of amides is 1. The average Bonchev–Trinajstić information content (AvgIpc) is 3.74. The molecular weight excluding hydrogens is 568 g/mol. The lowest BCUT2D eigenvalue weighted by Gasteiger charge is -2.19. The van der Waals surface area contributed by atoms with Crippen molar-refractivity contribution in [1.29, 1.82) is 0 Å². The zero-order valence-corrected chi connectivity index (χ0v) is 23.6. The summed E-state index contributed by atoms with van der Waals surface area (Å²) in [7, 11) is 1.31. The minimum atomic E-state index is -0.543. The van der Waals surface area contributed by atoms with E-state index in [1.165, 1.54) is 18.1 Å². The highest BCUT2D eigenvalue weighted by atomic mass is 35.5. The Balaban J connectivity index is 1.36. The van der Waals surface area contributed by atoms with Gasteiger partial charge in [-0.3, -0.25) is 10.1 Å². The van der Waals surface area contributed by atoms with Crippen LogP contribution in [0.5, 0.6) is 0 Å². The van der Waals surface area contributed by atoms with E-state index in [4.69, 9.17) is 11.6 Å². The lowest BCUT2D eigenvalue weighted by Crippen LogP contribution is -2.27. The number of halogens is 1. The summed E-state index contributed by atoms with van der Waals surface area (Å²) in [4.78, 5) is 33.3. The molecule has 12 heteroatoms. The Morgan fingerprint density at radius 3 is 2.56 bits per heavy atom. The Labute approximate surface area is 250 Å². The van der Waals surface area contributed by atoms with Crippen molar-refractivity contribution in [2.24, 2.45) is 0 Å². The second kappa shape index (κ2) is 12.1. The molecule has 0 spiro atoms. The molecule has 2 N–H and O–H groups in total. The number of imidazole rings is 1. The summed E-state index contributed by atoms with van der Waals surface area (Å²) in [6, 6.07) is 25.6. The van der Waals surface area contributed by atoms with Crippen molar-refractivity contribution >= 4 is 23.4 Å². The first kappa shape index (κ1) is 27.6. The highest BCUT2D eigenvalue weighted by Gasteiger charge is 2.21. The Kier molecular flexibility index (Phi) is 7.79. The van der Waals surface area contributed by atoms with Crippen LogP contribution in [0.1, 0.15) is 17.4 Å². The van der Waals surface area contributed by atoms with Gasteiger partial charge in [-0.2, -0.15) is 4.68 Å². The van der Waals surface area contributed by atoms with E-state index in [2.05, 4.69) is 35.5 Å². The van der Waals surface area contributed by atoms with Gasteiger partial charge in [-0.25, -0.2) is 9.78 Å². The first-order valence-corrected chi connectivity index (χ1v) is 13.7. The van der Waals surface area contributed by atoms with Crippen molar-refractivity contribution in [2.75, 3.05) is 12.4 Å². The molecule has 0 aliphatic rings. The molecule has 3 aromatic carbocycles. The normalized spacial score (nSPS) is 11.7. The van der Waals surface area contributed by atoms with Crippen molar-refractivity contribution in [3.8, 4) is 28.1 Å². The van der Waals surface area contributed by atoms with Crippen LogP contribution in [-0.2, 0) is 11.2 Å². The first-order valence-electron chi connectivity index (χ1n) is 13.3. The molecule has 1 atom stereocenters. The Hall–Kier alpha value is -5.55. The zero-order chi connectivity index (χ0) is 29.8. The van der Waals surface area contributed by atoms with E-state index in [-0.39, 0.29) is 5.56 Å². The maximum Gasteiger partial charge on any atom is 0.411 e. The third-order valence-electron chi connectivity index (χ3n) is 6.96. The molecule has 0 fully saturated rings. The van der Waals surface area contributed by atoms with Crippen molar-refractivity contribution in [3.05, 3.63) is 130 Å². The summed E-state index contributed by atoms with van der Waals surface area (Å²) in [5.41, 5.74) is 5.16. The predicted molar refractivity (Wildman–Crippen MR) is 162 cm³/mol. The topological polar surface area (TPSA) is 133 Å². The van der Waals surface area contributed by atoms with E-state index >= 15 is 0 Å². The van der Waals surface area contributed by atoms with Crippen LogP contribution in [0, 0.1) is 0 Å². The van der Waals surface area contributed by atoms with E-state index in [0.29, 0.717) is 39.8 Å². The van der Waals surface area contributed by atoms with Gasteiger partial charge in [-0.15, -0.1) is 5.10 Å². The summed E-state index contributed by atoms with van der Waals surface area (Å²) in [6.07, 6.45) is 4.98. The fourth-order valence-electron chi connectivity index (χ4n) is 4.84. The van der Waals surface area contributed by atoms with E-state index in [1.807, 2.05) is 48.5 Å². The van der Waals surface area contributed by atoms with Crippen molar-refractivity contribution < 1.29 is 9.53 Å². The number of tetrazole rings is 1. The van der Waals surface area contributed by atoms with Crippen LogP contribution in [0.2, 0.25) is 5.02 Å². The van der Waals surface area contributed by atoms with Crippen molar-refractivity contribution in [1.82, 2.24) is 34.7 Å². The molecule has 214 valence electrons. The van der Waals surface area contributed by atoms with Gasteiger partial charge >= 0.3 is 6.09 Å². The van der Waals surface area contributed by atoms with E-state index in [0.717, 1.165) is 16.8 Å². The fraction of sp³-hybridized carbons (Fsp3) is 0.0968. The number of aromatic amines is 1. The molecular formula is C31H25ClN8O3. The Morgan fingerprint density at radius 2 is 1.84 bits per heavy atom. The number of nitrogens with zero attached hydrogens (tertiary/aromatic N) is 6. The van der Waals surface area contributed by atoms with Gasteiger partial charge in [0.15, 0.2) is 0 Å². The lowest BCUT2D eigenvalue weighted by molar-refractivity contribution is 0.187.